The molecule has 0 saturated heterocycles. The normalized spacial score (nSPS) is 21.8. The number of ketones is 1. The van der Waals surface area contributed by atoms with Gasteiger partial charge >= 0.3 is 11.9 Å². The number of Topliss-reactive ketones (excluding diaryl/α,β-unsaturated/α-hetero) is 1. The number of esters is 2. The maximum Gasteiger partial charge on any atom is 0.308 e. The van der Waals surface area contributed by atoms with Gasteiger partial charge in [0.05, 0.1) is 25.0 Å². The summed E-state index contributed by atoms with van der Waals surface area (Å²) in [6.07, 6.45) is 6.63. The van der Waals surface area contributed by atoms with Gasteiger partial charge in [-0.05, 0) is 65.5 Å². The van der Waals surface area contributed by atoms with Crippen molar-refractivity contribution in [2.45, 2.75) is 85.1 Å². The first-order valence-electron chi connectivity index (χ1n) is 11.2. The van der Waals surface area contributed by atoms with E-state index in [9.17, 15) is 14.4 Å². The molecule has 7 nitrogen and oxygen atoms in total. The van der Waals surface area contributed by atoms with Crippen molar-refractivity contribution in [3.8, 4) is 0 Å². The Morgan fingerprint density at radius 2 is 1.28 bits per heavy atom. The van der Waals surface area contributed by atoms with E-state index in [1.54, 1.807) is 6.92 Å². The lowest BCUT2D eigenvalue weighted by atomic mass is 9.86. The summed E-state index contributed by atoms with van der Waals surface area (Å²) in [5.74, 6) is 0.274. The van der Waals surface area contributed by atoms with Gasteiger partial charge in [-0.1, -0.05) is 13.8 Å². The van der Waals surface area contributed by atoms with Crippen LogP contribution in [0.5, 0.6) is 0 Å². The largest absolute Gasteiger partial charge is 0.466 e. The zero-order valence-corrected chi connectivity index (χ0v) is 18.8. The van der Waals surface area contributed by atoms with Crippen LogP contribution in [0.3, 0.4) is 0 Å². The Morgan fingerprint density at radius 1 is 0.862 bits per heavy atom. The van der Waals surface area contributed by atoms with E-state index in [2.05, 4.69) is 12.2 Å². The average molecular weight is 415 g/mol. The lowest BCUT2D eigenvalue weighted by Crippen LogP contribution is -2.35. The smallest absolute Gasteiger partial charge is 0.308 e. The van der Waals surface area contributed by atoms with Crippen LogP contribution in [0.1, 0.15) is 79.1 Å². The molecule has 2 saturated carbocycles. The second kappa shape index (κ2) is 17.4. The Kier molecular flexibility index (Phi) is 16.5. The summed E-state index contributed by atoms with van der Waals surface area (Å²) in [4.78, 5) is 33.4. The third kappa shape index (κ3) is 12.6. The number of carbonyl (C=O) groups is 3. The molecule has 0 heterocycles. The highest BCUT2D eigenvalue weighted by molar-refractivity contribution is 5.82. The summed E-state index contributed by atoms with van der Waals surface area (Å²) in [7, 11) is 0. The van der Waals surface area contributed by atoms with Crippen molar-refractivity contribution in [3.63, 3.8) is 0 Å². The highest BCUT2D eigenvalue weighted by Crippen LogP contribution is 2.25. The molecule has 0 aliphatic heterocycles. The minimum atomic E-state index is -0.134. The van der Waals surface area contributed by atoms with Crippen molar-refractivity contribution in [1.82, 2.24) is 5.32 Å². The molecule has 0 spiro atoms. The summed E-state index contributed by atoms with van der Waals surface area (Å²) >= 11 is 0. The molecule has 2 aliphatic carbocycles. The molecule has 0 aromatic rings. The van der Waals surface area contributed by atoms with Crippen LogP contribution in [0, 0.1) is 11.8 Å². The van der Waals surface area contributed by atoms with E-state index in [0.29, 0.717) is 44.9 Å². The minimum Gasteiger partial charge on any atom is -0.466 e. The Bertz CT molecular complexity index is 452. The maximum atomic E-state index is 11.4. The molecule has 2 aliphatic rings. The summed E-state index contributed by atoms with van der Waals surface area (Å²) in [5, 5.41) is 3.42. The van der Waals surface area contributed by atoms with Gasteiger partial charge in [0.25, 0.3) is 0 Å². The zero-order valence-electron chi connectivity index (χ0n) is 18.8. The second-order valence-electron chi connectivity index (χ2n) is 7.33. The zero-order chi connectivity index (χ0) is 22.1. The molecule has 0 unspecified atom stereocenters. The molecule has 7 heteroatoms. The minimum absolute atomic E-state index is 0.00227. The fraction of sp³-hybridized carbons (Fsp3) is 0.864. The standard InChI is InChI=1S/C11H21NO2.C9H14O3.C2H7N/c1-3-12-10-7-5-9(6-8-10)11(13)14-4-2;1-2-12-9(11)7-3-5-8(10)6-4-7;1-2-3/h9-10,12H,3-8H2,1-2H3;7H,2-6H2,1H3;2-3H2,1H3. The van der Waals surface area contributed by atoms with Gasteiger partial charge in [-0.15, -0.1) is 0 Å². The predicted molar refractivity (Wildman–Crippen MR) is 114 cm³/mol. The molecule has 2 fully saturated rings. The van der Waals surface area contributed by atoms with E-state index >= 15 is 0 Å². The van der Waals surface area contributed by atoms with Crippen LogP contribution < -0.4 is 11.1 Å². The van der Waals surface area contributed by atoms with E-state index in [1.165, 1.54) is 0 Å². The molecule has 29 heavy (non-hydrogen) atoms. The number of hydrogen-bond acceptors (Lipinski definition) is 7. The molecule has 0 atom stereocenters. The molecule has 0 aromatic heterocycles. The SMILES string of the molecule is CCN.CCNC1CCC(C(=O)OCC)CC1.CCOC(=O)C1CCC(=O)CC1. The number of hydrogen-bond donors (Lipinski definition) is 2. The number of ether oxygens (including phenoxy) is 2. The number of nitrogens with one attached hydrogen (secondary N) is 1. The molecular weight excluding hydrogens is 372 g/mol. The number of rotatable bonds is 6. The summed E-state index contributed by atoms with van der Waals surface area (Å²) in [6.45, 7) is 10.4. The van der Waals surface area contributed by atoms with Crippen molar-refractivity contribution in [3.05, 3.63) is 0 Å². The van der Waals surface area contributed by atoms with Gasteiger partial charge in [0.15, 0.2) is 0 Å². The van der Waals surface area contributed by atoms with Crippen molar-refractivity contribution in [2.75, 3.05) is 26.3 Å². The third-order valence-corrected chi connectivity index (χ3v) is 5.00. The summed E-state index contributed by atoms with van der Waals surface area (Å²) in [6, 6.07) is 0.616. The van der Waals surface area contributed by atoms with Crippen LogP contribution in [-0.2, 0) is 23.9 Å². The highest BCUT2D eigenvalue weighted by atomic mass is 16.5. The van der Waals surface area contributed by atoms with Gasteiger partial charge in [0, 0.05) is 18.9 Å². The first-order chi connectivity index (χ1) is 13.9. The molecule has 0 aromatic carbocycles. The second-order valence-corrected chi connectivity index (χ2v) is 7.33. The van der Waals surface area contributed by atoms with Gasteiger partial charge in [0.2, 0.25) is 0 Å². The van der Waals surface area contributed by atoms with Gasteiger partial charge in [-0.2, -0.15) is 0 Å². The Morgan fingerprint density at radius 3 is 1.66 bits per heavy atom. The lowest BCUT2D eigenvalue weighted by Gasteiger charge is -2.27. The van der Waals surface area contributed by atoms with E-state index in [1.807, 2.05) is 13.8 Å². The Balaban J connectivity index is 0.000000481. The summed E-state index contributed by atoms with van der Waals surface area (Å²) in [5.41, 5.74) is 4.85. The van der Waals surface area contributed by atoms with Crippen molar-refractivity contribution >= 4 is 17.7 Å². The third-order valence-electron chi connectivity index (χ3n) is 5.00. The van der Waals surface area contributed by atoms with Crippen LogP contribution in [0.2, 0.25) is 0 Å². The highest BCUT2D eigenvalue weighted by Gasteiger charge is 2.27. The van der Waals surface area contributed by atoms with E-state index in [-0.39, 0.29) is 29.6 Å². The number of nitrogens with two attached hydrogens (primary N) is 1. The van der Waals surface area contributed by atoms with Crippen LogP contribution in [-0.4, -0.2) is 50.1 Å². The van der Waals surface area contributed by atoms with Gasteiger partial charge in [0.1, 0.15) is 5.78 Å². The van der Waals surface area contributed by atoms with Crippen LogP contribution in [0.15, 0.2) is 0 Å². The Hall–Kier alpha value is -1.47. The van der Waals surface area contributed by atoms with Crippen LogP contribution in [0.25, 0.3) is 0 Å². The van der Waals surface area contributed by atoms with Crippen LogP contribution >= 0.6 is 0 Å². The molecule has 3 N–H and O–H groups in total. The molecule has 2 rings (SSSR count). The van der Waals surface area contributed by atoms with Gasteiger partial charge in [-0.3, -0.25) is 14.4 Å². The molecular formula is C22H42N2O5. The summed E-state index contributed by atoms with van der Waals surface area (Å²) < 4.78 is 9.88. The average Bonchev–Trinajstić information content (AvgIpc) is 2.71. The predicted octanol–water partition coefficient (Wildman–Crippen LogP) is 2.99. The van der Waals surface area contributed by atoms with Crippen molar-refractivity contribution in [1.29, 1.82) is 0 Å². The maximum absolute atomic E-state index is 11.4. The van der Waals surface area contributed by atoms with E-state index in [0.717, 1.165) is 38.8 Å². The van der Waals surface area contributed by atoms with Crippen LogP contribution in [0.4, 0.5) is 0 Å². The number of carbonyl (C=O) groups excluding carboxylic acids is 3. The van der Waals surface area contributed by atoms with Crippen molar-refractivity contribution in [2.24, 2.45) is 17.6 Å². The topological polar surface area (TPSA) is 108 Å². The Labute approximate surface area is 176 Å². The molecule has 0 amide bonds. The van der Waals surface area contributed by atoms with Crippen molar-refractivity contribution < 1.29 is 23.9 Å². The van der Waals surface area contributed by atoms with E-state index in [4.69, 9.17) is 15.2 Å². The fourth-order valence-electron chi connectivity index (χ4n) is 3.52. The first kappa shape index (κ1) is 27.5. The monoisotopic (exact) mass is 414 g/mol. The fourth-order valence-corrected chi connectivity index (χ4v) is 3.52. The molecule has 0 bridgehead atoms. The molecule has 0 radical (unpaired) electrons. The van der Waals surface area contributed by atoms with Gasteiger partial charge < -0.3 is 20.5 Å². The lowest BCUT2D eigenvalue weighted by molar-refractivity contribution is -0.150. The van der Waals surface area contributed by atoms with E-state index < -0.39 is 0 Å². The first-order valence-corrected chi connectivity index (χ1v) is 11.2. The van der Waals surface area contributed by atoms with Gasteiger partial charge in [-0.25, -0.2) is 0 Å². The quantitative estimate of drug-likeness (QED) is 0.643. The molecule has 170 valence electrons.